The molecule has 0 aliphatic heterocycles. The first-order valence-corrected chi connectivity index (χ1v) is 6.47. The predicted molar refractivity (Wildman–Crippen MR) is 70.6 cm³/mol. The topological polar surface area (TPSA) is 25.8 Å². The lowest BCUT2D eigenvalue weighted by atomic mass is 10.1. The largest absolute Gasteiger partial charge is 0.416 e. The SMILES string of the molecule is Cc1cc(CCl)nc(Cc2cccc(C(F)(F)F)c2)n1. The van der Waals surface area contributed by atoms with Gasteiger partial charge in [-0.2, -0.15) is 13.2 Å². The van der Waals surface area contributed by atoms with Crippen LogP contribution in [0.25, 0.3) is 0 Å². The zero-order chi connectivity index (χ0) is 14.8. The van der Waals surface area contributed by atoms with Crippen molar-refractivity contribution in [3.63, 3.8) is 0 Å². The van der Waals surface area contributed by atoms with Crippen molar-refractivity contribution >= 4 is 11.6 Å². The van der Waals surface area contributed by atoms with E-state index >= 15 is 0 Å². The fraction of sp³-hybridized carbons (Fsp3) is 0.286. The first-order chi connectivity index (χ1) is 9.38. The summed E-state index contributed by atoms with van der Waals surface area (Å²) in [6.45, 7) is 1.80. The molecule has 1 heterocycles. The highest BCUT2D eigenvalue weighted by molar-refractivity contribution is 6.16. The molecule has 0 spiro atoms. The van der Waals surface area contributed by atoms with Crippen molar-refractivity contribution in [2.45, 2.75) is 25.4 Å². The lowest BCUT2D eigenvalue weighted by molar-refractivity contribution is -0.137. The van der Waals surface area contributed by atoms with Crippen LogP contribution in [0, 0.1) is 6.92 Å². The predicted octanol–water partition coefficient (Wildman–Crippen LogP) is 4.13. The van der Waals surface area contributed by atoms with E-state index in [1.54, 1.807) is 19.1 Å². The van der Waals surface area contributed by atoms with Crippen LogP contribution in [0.5, 0.6) is 0 Å². The molecule has 0 aliphatic rings. The van der Waals surface area contributed by atoms with Crippen LogP contribution in [0.1, 0.15) is 28.3 Å². The summed E-state index contributed by atoms with van der Waals surface area (Å²) < 4.78 is 37.9. The molecule has 0 saturated heterocycles. The summed E-state index contributed by atoms with van der Waals surface area (Å²) in [4.78, 5) is 8.43. The molecule has 1 aromatic heterocycles. The van der Waals surface area contributed by atoms with Crippen molar-refractivity contribution in [2.75, 3.05) is 0 Å². The molecular weight excluding hydrogens is 289 g/mol. The Bertz CT molecular complexity index is 612. The summed E-state index contributed by atoms with van der Waals surface area (Å²) in [6, 6.07) is 6.93. The molecule has 6 heteroatoms. The number of halogens is 4. The fourth-order valence-electron chi connectivity index (χ4n) is 1.89. The third-order valence-electron chi connectivity index (χ3n) is 2.71. The van der Waals surface area contributed by atoms with Gasteiger partial charge in [-0.25, -0.2) is 9.97 Å². The highest BCUT2D eigenvalue weighted by atomic mass is 35.5. The standard InChI is InChI=1S/C14H12ClF3N2/c1-9-5-12(8-15)20-13(19-9)7-10-3-2-4-11(6-10)14(16,17)18/h2-6H,7-8H2,1H3. The Kier molecular flexibility index (Phi) is 4.28. The summed E-state index contributed by atoms with van der Waals surface area (Å²) in [5.41, 5.74) is 1.27. The van der Waals surface area contributed by atoms with Gasteiger partial charge in [0.05, 0.1) is 17.1 Å². The third kappa shape index (κ3) is 3.70. The average molecular weight is 301 g/mol. The van der Waals surface area contributed by atoms with Gasteiger partial charge in [-0.3, -0.25) is 0 Å². The maximum Gasteiger partial charge on any atom is 0.416 e. The Labute approximate surface area is 119 Å². The number of rotatable bonds is 3. The number of hydrogen-bond donors (Lipinski definition) is 0. The van der Waals surface area contributed by atoms with E-state index in [0.717, 1.165) is 17.8 Å². The molecule has 2 rings (SSSR count). The summed E-state index contributed by atoms with van der Waals surface area (Å²) in [7, 11) is 0. The summed E-state index contributed by atoms with van der Waals surface area (Å²) in [6.07, 6.45) is -4.10. The number of alkyl halides is 4. The molecule has 2 aromatic rings. The Morgan fingerprint density at radius 1 is 1.15 bits per heavy atom. The highest BCUT2D eigenvalue weighted by Crippen LogP contribution is 2.29. The van der Waals surface area contributed by atoms with Crippen molar-refractivity contribution in [3.8, 4) is 0 Å². The normalized spacial score (nSPS) is 11.7. The number of hydrogen-bond acceptors (Lipinski definition) is 2. The monoisotopic (exact) mass is 300 g/mol. The second-order valence-corrected chi connectivity index (χ2v) is 4.69. The number of nitrogens with zero attached hydrogens (tertiary/aromatic N) is 2. The molecule has 0 unspecified atom stereocenters. The van der Waals surface area contributed by atoms with E-state index in [1.165, 1.54) is 6.07 Å². The number of aryl methyl sites for hydroxylation is 1. The molecule has 20 heavy (non-hydrogen) atoms. The summed E-state index contributed by atoms with van der Waals surface area (Å²) in [5, 5.41) is 0. The minimum absolute atomic E-state index is 0.246. The van der Waals surface area contributed by atoms with Crippen LogP contribution in [-0.2, 0) is 18.5 Å². The lowest BCUT2D eigenvalue weighted by Crippen LogP contribution is -2.06. The molecular formula is C14H12ClF3N2. The average Bonchev–Trinajstić information content (AvgIpc) is 2.37. The molecule has 0 bridgehead atoms. The van der Waals surface area contributed by atoms with Crippen LogP contribution >= 0.6 is 11.6 Å². The number of benzene rings is 1. The molecule has 0 N–H and O–H groups in total. The maximum absolute atomic E-state index is 12.6. The van der Waals surface area contributed by atoms with Gasteiger partial charge in [0.15, 0.2) is 0 Å². The van der Waals surface area contributed by atoms with Gasteiger partial charge in [-0.05, 0) is 24.6 Å². The van der Waals surface area contributed by atoms with E-state index in [9.17, 15) is 13.2 Å². The van der Waals surface area contributed by atoms with Crippen molar-refractivity contribution in [3.05, 3.63) is 58.7 Å². The van der Waals surface area contributed by atoms with E-state index in [-0.39, 0.29) is 12.3 Å². The minimum Gasteiger partial charge on any atom is -0.238 e. The van der Waals surface area contributed by atoms with Crippen LogP contribution < -0.4 is 0 Å². The van der Waals surface area contributed by atoms with E-state index in [4.69, 9.17) is 11.6 Å². The smallest absolute Gasteiger partial charge is 0.238 e. The zero-order valence-corrected chi connectivity index (χ0v) is 11.5. The van der Waals surface area contributed by atoms with Gasteiger partial charge in [0.25, 0.3) is 0 Å². The second kappa shape index (κ2) is 5.79. The molecule has 0 amide bonds. The molecule has 0 aliphatic carbocycles. The second-order valence-electron chi connectivity index (χ2n) is 4.43. The van der Waals surface area contributed by atoms with Crippen LogP contribution in [0.3, 0.4) is 0 Å². The fourth-order valence-corrected chi connectivity index (χ4v) is 2.02. The molecule has 0 saturated carbocycles. The summed E-state index contributed by atoms with van der Waals surface area (Å²) in [5.74, 6) is 0.721. The molecule has 0 radical (unpaired) electrons. The van der Waals surface area contributed by atoms with Gasteiger partial charge in [-0.1, -0.05) is 18.2 Å². The zero-order valence-electron chi connectivity index (χ0n) is 10.7. The Hall–Kier alpha value is -1.62. The van der Waals surface area contributed by atoms with Crippen molar-refractivity contribution < 1.29 is 13.2 Å². The Balaban J connectivity index is 2.28. The van der Waals surface area contributed by atoms with Crippen molar-refractivity contribution in [1.29, 1.82) is 0 Å². The van der Waals surface area contributed by atoms with Crippen molar-refractivity contribution in [1.82, 2.24) is 9.97 Å². The van der Waals surface area contributed by atoms with Crippen LogP contribution in [-0.4, -0.2) is 9.97 Å². The maximum atomic E-state index is 12.6. The molecule has 2 nitrogen and oxygen atoms in total. The van der Waals surface area contributed by atoms with Crippen LogP contribution in [0.4, 0.5) is 13.2 Å². The molecule has 0 fully saturated rings. The Morgan fingerprint density at radius 2 is 1.90 bits per heavy atom. The van der Waals surface area contributed by atoms with Gasteiger partial charge < -0.3 is 0 Å². The Morgan fingerprint density at radius 3 is 2.55 bits per heavy atom. The van der Waals surface area contributed by atoms with Gasteiger partial charge in [0.2, 0.25) is 0 Å². The molecule has 0 atom stereocenters. The van der Waals surface area contributed by atoms with Crippen LogP contribution in [0.15, 0.2) is 30.3 Å². The summed E-state index contributed by atoms with van der Waals surface area (Å²) >= 11 is 5.72. The minimum atomic E-state index is -4.34. The van der Waals surface area contributed by atoms with Crippen LogP contribution in [0.2, 0.25) is 0 Å². The highest BCUT2D eigenvalue weighted by Gasteiger charge is 2.30. The third-order valence-corrected chi connectivity index (χ3v) is 2.98. The molecule has 106 valence electrons. The first-order valence-electron chi connectivity index (χ1n) is 5.94. The van der Waals surface area contributed by atoms with Crippen molar-refractivity contribution in [2.24, 2.45) is 0 Å². The lowest BCUT2D eigenvalue weighted by Gasteiger charge is -2.09. The van der Waals surface area contributed by atoms with E-state index in [2.05, 4.69) is 9.97 Å². The van der Waals surface area contributed by atoms with Gasteiger partial charge >= 0.3 is 6.18 Å². The first kappa shape index (κ1) is 14.8. The van der Waals surface area contributed by atoms with E-state index in [0.29, 0.717) is 17.1 Å². The van der Waals surface area contributed by atoms with E-state index < -0.39 is 11.7 Å². The van der Waals surface area contributed by atoms with Gasteiger partial charge in [0, 0.05) is 12.1 Å². The quantitative estimate of drug-likeness (QED) is 0.796. The van der Waals surface area contributed by atoms with Gasteiger partial charge in [-0.15, -0.1) is 11.6 Å². The van der Waals surface area contributed by atoms with E-state index in [1.807, 2.05) is 0 Å². The number of aromatic nitrogens is 2. The van der Waals surface area contributed by atoms with Gasteiger partial charge in [0.1, 0.15) is 5.82 Å². The molecule has 1 aromatic carbocycles.